The van der Waals surface area contributed by atoms with E-state index in [0.717, 1.165) is 17.3 Å². The molecule has 3 heteroatoms. The van der Waals surface area contributed by atoms with Crippen LogP contribution in [0.25, 0.3) is 11.1 Å². The van der Waals surface area contributed by atoms with Gasteiger partial charge >= 0.3 is 7.12 Å². The van der Waals surface area contributed by atoms with Crippen LogP contribution < -0.4 is 5.46 Å². The Balaban J connectivity index is 1.18. The molecule has 4 bridgehead atoms. The molecule has 2 nitrogen and oxygen atoms in total. The van der Waals surface area contributed by atoms with Gasteiger partial charge in [-0.15, -0.1) is 0 Å². The fourth-order valence-corrected chi connectivity index (χ4v) is 8.56. The standard InChI is InChI=1S/C34H39BO2/c1-31(2)32(3,4)37-35(36-31)30-16-14-29(15-17-30)34-21-24-18-25(22-34)20-33(19-24,23-34)28-12-10-27(11-13-28)26-8-6-5-7-9-26/h5-17,24-25H,18-23H2,1-4H3. The molecule has 0 spiro atoms. The van der Waals surface area contributed by atoms with Gasteiger partial charge in [0.05, 0.1) is 11.2 Å². The van der Waals surface area contributed by atoms with Crippen molar-refractivity contribution in [1.82, 2.24) is 0 Å². The average Bonchev–Trinajstić information content (AvgIpc) is 3.10. The van der Waals surface area contributed by atoms with E-state index in [9.17, 15) is 0 Å². The Kier molecular flexibility index (Phi) is 5.18. The summed E-state index contributed by atoms with van der Waals surface area (Å²) in [6, 6.07) is 29.7. The molecule has 0 amide bonds. The van der Waals surface area contributed by atoms with Crippen LogP contribution in [0.15, 0.2) is 78.9 Å². The summed E-state index contributed by atoms with van der Waals surface area (Å²) in [4.78, 5) is 0. The van der Waals surface area contributed by atoms with Crippen molar-refractivity contribution < 1.29 is 9.31 Å². The lowest BCUT2D eigenvalue weighted by molar-refractivity contribution is -0.0281. The third-order valence-electron chi connectivity index (χ3n) is 10.7. The van der Waals surface area contributed by atoms with E-state index in [1.165, 1.54) is 55.2 Å². The molecule has 5 aliphatic rings. The van der Waals surface area contributed by atoms with E-state index in [0.29, 0.717) is 10.8 Å². The van der Waals surface area contributed by atoms with Crippen LogP contribution in [0.3, 0.4) is 0 Å². The van der Waals surface area contributed by atoms with Crippen LogP contribution in [-0.4, -0.2) is 18.3 Å². The van der Waals surface area contributed by atoms with E-state index in [1.54, 1.807) is 5.56 Å². The largest absolute Gasteiger partial charge is 0.494 e. The Labute approximate surface area is 222 Å². The molecule has 3 aromatic rings. The van der Waals surface area contributed by atoms with E-state index >= 15 is 0 Å². The molecule has 2 atom stereocenters. The normalized spacial score (nSPS) is 33.1. The molecule has 2 unspecified atom stereocenters. The number of hydrogen-bond donors (Lipinski definition) is 0. The van der Waals surface area contributed by atoms with Crippen LogP contribution in [-0.2, 0) is 20.1 Å². The molecule has 190 valence electrons. The summed E-state index contributed by atoms with van der Waals surface area (Å²) in [7, 11) is -0.287. The predicted octanol–water partition coefficient (Wildman–Crippen LogP) is 7.44. The molecule has 0 N–H and O–H groups in total. The third-order valence-corrected chi connectivity index (χ3v) is 10.7. The molecule has 0 aromatic heterocycles. The van der Waals surface area contributed by atoms with Crippen LogP contribution in [0, 0.1) is 11.8 Å². The zero-order chi connectivity index (χ0) is 25.5. The SMILES string of the molecule is CC1(C)OB(c2ccc(C34CC5CC(C3)CC(c3ccc(-c6ccccc6)cc3)(C5)C4)cc2)OC1(C)C. The van der Waals surface area contributed by atoms with Crippen molar-refractivity contribution in [3.8, 4) is 11.1 Å². The van der Waals surface area contributed by atoms with Gasteiger partial charge < -0.3 is 9.31 Å². The first-order chi connectivity index (χ1) is 17.7. The highest BCUT2D eigenvalue weighted by molar-refractivity contribution is 6.62. The molecule has 3 aromatic carbocycles. The fraction of sp³-hybridized carbons (Fsp3) is 0.471. The highest BCUT2D eigenvalue weighted by Crippen LogP contribution is 2.66. The molecule has 0 radical (unpaired) electrons. The zero-order valence-corrected chi connectivity index (χ0v) is 22.8. The molecule has 4 aliphatic carbocycles. The summed E-state index contributed by atoms with van der Waals surface area (Å²) in [5.74, 6) is 1.69. The van der Waals surface area contributed by atoms with Gasteiger partial charge in [-0.25, -0.2) is 0 Å². The van der Waals surface area contributed by atoms with Crippen molar-refractivity contribution in [2.24, 2.45) is 11.8 Å². The molecular formula is C34H39BO2. The summed E-state index contributed by atoms with van der Waals surface area (Å²) in [6.45, 7) is 8.51. The molecule has 1 heterocycles. The van der Waals surface area contributed by atoms with Crippen LogP contribution in [0.4, 0.5) is 0 Å². The lowest BCUT2D eigenvalue weighted by Crippen LogP contribution is -2.56. The number of hydrogen-bond acceptors (Lipinski definition) is 2. The van der Waals surface area contributed by atoms with E-state index < -0.39 is 0 Å². The lowest BCUT2D eigenvalue weighted by atomic mass is 9.41. The van der Waals surface area contributed by atoms with E-state index in [1.807, 2.05) is 0 Å². The van der Waals surface area contributed by atoms with Crippen molar-refractivity contribution in [3.05, 3.63) is 90.0 Å². The van der Waals surface area contributed by atoms with Crippen molar-refractivity contribution in [2.45, 2.75) is 88.3 Å². The van der Waals surface area contributed by atoms with Crippen molar-refractivity contribution >= 4 is 12.6 Å². The first-order valence-electron chi connectivity index (χ1n) is 14.3. The smallest absolute Gasteiger partial charge is 0.399 e. The molecule has 4 saturated carbocycles. The second-order valence-electron chi connectivity index (χ2n) is 13.7. The molecule has 37 heavy (non-hydrogen) atoms. The van der Waals surface area contributed by atoms with Gasteiger partial charge in [-0.3, -0.25) is 0 Å². The third kappa shape index (κ3) is 3.76. The summed E-state index contributed by atoms with van der Waals surface area (Å²) >= 11 is 0. The topological polar surface area (TPSA) is 18.5 Å². The van der Waals surface area contributed by atoms with Crippen molar-refractivity contribution in [2.75, 3.05) is 0 Å². The monoisotopic (exact) mass is 490 g/mol. The van der Waals surface area contributed by atoms with Crippen molar-refractivity contribution in [1.29, 1.82) is 0 Å². The summed E-state index contributed by atoms with van der Waals surface area (Å²) < 4.78 is 12.7. The summed E-state index contributed by atoms with van der Waals surface area (Å²) in [5, 5.41) is 0. The van der Waals surface area contributed by atoms with Crippen LogP contribution in [0.1, 0.15) is 77.3 Å². The maximum atomic E-state index is 6.33. The fourth-order valence-electron chi connectivity index (χ4n) is 8.56. The summed E-state index contributed by atoms with van der Waals surface area (Å²) in [6.07, 6.45) is 8.14. The first kappa shape index (κ1) is 23.7. The van der Waals surface area contributed by atoms with Gasteiger partial charge in [0, 0.05) is 0 Å². The van der Waals surface area contributed by atoms with E-state index in [-0.39, 0.29) is 18.3 Å². The Bertz CT molecular complexity index is 1260. The Hall–Kier alpha value is -2.36. The Morgan fingerprint density at radius 2 is 1.05 bits per heavy atom. The maximum absolute atomic E-state index is 6.33. The number of rotatable bonds is 4. The van der Waals surface area contributed by atoms with Gasteiger partial charge in [-0.2, -0.15) is 0 Å². The van der Waals surface area contributed by atoms with Gasteiger partial charge in [-0.05, 0) is 117 Å². The molecule has 1 saturated heterocycles. The van der Waals surface area contributed by atoms with E-state index in [4.69, 9.17) is 9.31 Å². The van der Waals surface area contributed by atoms with Gasteiger partial charge in [0.25, 0.3) is 0 Å². The maximum Gasteiger partial charge on any atom is 0.494 e. The van der Waals surface area contributed by atoms with E-state index in [2.05, 4.69) is 107 Å². The second kappa shape index (κ2) is 8.07. The Morgan fingerprint density at radius 3 is 1.57 bits per heavy atom. The van der Waals surface area contributed by atoms with Gasteiger partial charge in [0.15, 0.2) is 0 Å². The molecular weight excluding hydrogens is 451 g/mol. The second-order valence-corrected chi connectivity index (χ2v) is 13.7. The summed E-state index contributed by atoms with van der Waals surface area (Å²) in [5.41, 5.74) is 6.88. The highest BCUT2D eigenvalue weighted by atomic mass is 16.7. The minimum Gasteiger partial charge on any atom is -0.399 e. The van der Waals surface area contributed by atoms with Gasteiger partial charge in [0.2, 0.25) is 0 Å². The predicted molar refractivity (Wildman–Crippen MR) is 152 cm³/mol. The Morgan fingerprint density at radius 1 is 0.595 bits per heavy atom. The van der Waals surface area contributed by atoms with Gasteiger partial charge in [-0.1, -0.05) is 78.9 Å². The van der Waals surface area contributed by atoms with Crippen LogP contribution in [0.5, 0.6) is 0 Å². The van der Waals surface area contributed by atoms with Crippen LogP contribution in [0.2, 0.25) is 0 Å². The molecule has 5 fully saturated rings. The quantitative estimate of drug-likeness (QED) is 0.354. The van der Waals surface area contributed by atoms with Crippen molar-refractivity contribution in [3.63, 3.8) is 0 Å². The van der Waals surface area contributed by atoms with Crippen LogP contribution >= 0.6 is 0 Å². The zero-order valence-electron chi connectivity index (χ0n) is 22.8. The number of benzene rings is 3. The molecule has 1 aliphatic heterocycles. The minimum absolute atomic E-state index is 0.287. The minimum atomic E-state index is -0.307. The van der Waals surface area contributed by atoms with Gasteiger partial charge in [0.1, 0.15) is 0 Å². The highest BCUT2D eigenvalue weighted by Gasteiger charge is 2.58. The first-order valence-corrected chi connectivity index (χ1v) is 14.3. The lowest BCUT2D eigenvalue weighted by Gasteiger charge is -2.63. The molecule has 8 rings (SSSR count). The average molecular weight is 490 g/mol.